The quantitative estimate of drug-likeness (QED) is 0.863. The molecule has 1 fully saturated rings. The van der Waals surface area contributed by atoms with Crippen molar-refractivity contribution in [3.05, 3.63) is 41.2 Å². The summed E-state index contributed by atoms with van der Waals surface area (Å²) < 4.78 is 29.0. The van der Waals surface area contributed by atoms with Crippen LogP contribution in [0.2, 0.25) is 0 Å². The van der Waals surface area contributed by atoms with E-state index in [9.17, 15) is 13.9 Å². The summed E-state index contributed by atoms with van der Waals surface area (Å²) in [4.78, 5) is 0. The molecule has 1 heterocycles. The van der Waals surface area contributed by atoms with Gasteiger partial charge in [-0.25, -0.2) is 8.78 Å². The zero-order valence-electron chi connectivity index (χ0n) is 11.5. The van der Waals surface area contributed by atoms with Crippen LogP contribution in [-0.4, -0.2) is 25.6 Å². The molecule has 1 unspecified atom stereocenters. The molecule has 2 aromatic rings. The smallest absolute Gasteiger partial charge is 0.191 e. The maximum absolute atomic E-state index is 13.6. The second kappa shape index (κ2) is 5.73. The summed E-state index contributed by atoms with van der Waals surface area (Å²) in [6.45, 7) is 0. The standard InChI is InChI=1S/C14H15F2N3OS/c1-19-13(8-5-6-8)17-18-14(19)21-7-11(20)12-9(15)3-2-4-10(12)16/h2-4,8,11,20H,5-7H2,1H3. The van der Waals surface area contributed by atoms with Crippen LogP contribution < -0.4 is 0 Å². The highest BCUT2D eigenvalue weighted by molar-refractivity contribution is 7.99. The van der Waals surface area contributed by atoms with Gasteiger partial charge in [0.2, 0.25) is 0 Å². The van der Waals surface area contributed by atoms with Crippen LogP contribution in [0.15, 0.2) is 23.4 Å². The Morgan fingerprint density at radius 1 is 1.33 bits per heavy atom. The molecule has 1 saturated carbocycles. The molecule has 112 valence electrons. The highest BCUT2D eigenvalue weighted by Gasteiger charge is 2.29. The number of hydrogen-bond donors (Lipinski definition) is 1. The number of hydrogen-bond acceptors (Lipinski definition) is 4. The zero-order valence-corrected chi connectivity index (χ0v) is 12.3. The molecule has 21 heavy (non-hydrogen) atoms. The Bertz CT molecular complexity index is 637. The first-order valence-electron chi connectivity index (χ1n) is 6.72. The number of thioether (sulfide) groups is 1. The fraction of sp³-hybridized carbons (Fsp3) is 0.429. The van der Waals surface area contributed by atoms with Crippen LogP contribution in [0.4, 0.5) is 8.78 Å². The molecule has 7 heteroatoms. The Balaban J connectivity index is 1.70. The third-order valence-electron chi connectivity index (χ3n) is 3.51. The summed E-state index contributed by atoms with van der Waals surface area (Å²) >= 11 is 1.24. The highest BCUT2D eigenvalue weighted by Crippen LogP contribution is 2.39. The Morgan fingerprint density at radius 2 is 2.00 bits per heavy atom. The topological polar surface area (TPSA) is 50.9 Å². The Kier molecular flexibility index (Phi) is 3.95. The predicted molar refractivity (Wildman–Crippen MR) is 75.0 cm³/mol. The SMILES string of the molecule is Cn1c(SCC(O)c2c(F)cccc2F)nnc1C1CC1. The molecule has 4 nitrogen and oxygen atoms in total. The van der Waals surface area contributed by atoms with Crippen molar-refractivity contribution in [3.8, 4) is 0 Å². The number of aromatic nitrogens is 3. The van der Waals surface area contributed by atoms with Crippen LogP contribution in [0, 0.1) is 11.6 Å². The number of aliphatic hydroxyl groups excluding tert-OH is 1. The number of nitrogens with zero attached hydrogens (tertiary/aromatic N) is 3. The fourth-order valence-electron chi connectivity index (χ4n) is 2.21. The number of benzene rings is 1. The lowest BCUT2D eigenvalue weighted by molar-refractivity contribution is 0.193. The summed E-state index contributed by atoms with van der Waals surface area (Å²) in [5.74, 6) is 0.0587. The van der Waals surface area contributed by atoms with Gasteiger partial charge in [-0.15, -0.1) is 10.2 Å². The molecule has 0 saturated heterocycles. The molecule has 1 aliphatic rings. The third kappa shape index (κ3) is 2.94. The van der Waals surface area contributed by atoms with Crippen molar-refractivity contribution >= 4 is 11.8 Å². The van der Waals surface area contributed by atoms with E-state index in [1.807, 2.05) is 11.6 Å². The van der Waals surface area contributed by atoms with E-state index >= 15 is 0 Å². The molecular formula is C14H15F2N3OS. The van der Waals surface area contributed by atoms with Crippen LogP contribution in [0.3, 0.4) is 0 Å². The Morgan fingerprint density at radius 3 is 2.62 bits per heavy atom. The van der Waals surface area contributed by atoms with Crippen LogP contribution >= 0.6 is 11.8 Å². The maximum Gasteiger partial charge on any atom is 0.191 e. The summed E-state index contributed by atoms with van der Waals surface area (Å²) in [5.41, 5.74) is -0.297. The zero-order chi connectivity index (χ0) is 15.0. The van der Waals surface area contributed by atoms with Crippen LogP contribution in [-0.2, 0) is 7.05 Å². The minimum absolute atomic E-state index is 0.120. The van der Waals surface area contributed by atoms with Gasteiger partial charge in [0.1, 0.15) is 17.5 Å². The van der Waals surface area contributed by atoms with Crippen LogP contribution in [0.25, 0.3) is 0 Å². The van der Waals surface area contributed by atoms with E-state index in [1.165, 1.54) is 17.8 Å². The number of rotatable bonds is 5. The van der Waals surface area contributed by atoms with E-state index < -0.39 is 17.7 Å². The Labute approximate surface area is 125 Å². The van der Waals surface area contributed by atoms with E-state index in [4.69, 9.17) is 0 Å². The van der Waals surface area contributed by atoms with Gasteiger partial charge in [0, 0.05) is 18.7 Å². The molecule has 0 bridgehead atoms. The van der Waals surface area contributed by atoms with Gasteiger partial charge in [0.25, 0.3) is 0 Å². The van der Waals surface area contributed by atoms with Gasteiger partial charge in [-0.05, 0) is 25.0 Å². The van der Waals surface area contributed by atoms with Crippen molar-refractivity contribution in [2.24, 2.45) is 7.05 Å². The molecule has 1 aliphatic carbocycles. The molecule has 1 N–H and O–H groups in total. The minimum atomic E-state index is -1.22. The number of halogens is 2. The van der Waals surface area contributed by atoms with Gasteiger partial charge < -0.3 is 9.67 Å². The average Bonchev–Trinajstić information content (AvgIpc) is 3.21. The highest BCUT2D eigenvalue weighted by atomic mass is 32.2. The van der Waals surface area contributed by atoms with E-state index in [2.05, 4.69) is 10.2 Å². The first kappa shape index (κ1) is 14.5. The second-order valence-corrected chi connectivity index (χ2v) is 6.12. The van der Waals surface area contributed by atoms with E-state index in [0.29, 0.717) is 11.1 Å². The molecule has 0 aliphatic heterocycles. The van der Waals surface area contributed by atoms with Crippen molar-refractivity contribution in [2.45, 2.75) is 30.0 Å². The molecule has 1 atom stereocenters. The summed E-state index contributed by atoms with van der Waals surface area (Å²) in [6.07, 6.45) is 1.02. The van der Waals surface area contributed by atoms with E-state index in [0.717, 1.165) is 30.8 Å². The fourth-order valence-corrected chi connectivity index (χ4v) is 3.07. The molecule has 0 spiro atoms. The normalized spacial score (nSPS) is 16.2. The van der Waals surface area contributed by atoms with Crippen molar-refractivity contribution in [3.63, 3.8) is 0 Å². The lowest BCUT2D eigenvalue weighted by Gasteiger charge is -2.12. The van der Waals surface area contributed by atoms with Gasteiger partial charge >= 0.3 is 0 Å². The lowest BCUT2D eigenvalue weighted by atomic mass is 10.1. The van der Waals surface area contributed by atoms with E-state index in [-0.39, 0.29) is 11.3 Å². The molecular weight excluding hydrogens is 296 g/mol. The first-order valence-corrected chi connectivity index (χ1v) is 7.70. The van der Waals surface area contributed by atoms with Crippen LogP contribution in [0.1, 0.15) is 36.3 Å². The molecule has 1 aromatic heterocycles. The van der Waals surface area contributed by atoms with Crippen molar-refractivity contribution in [1.82, 2.24) is 14.8 Å². The van der Waals surface area contributed by atoms with Gasteiger partial charge in [0.05, 0.1) is 11.7 Å². The molecule has 0 amide bonds. The largest absolute Gasteiger partial charge is 0.387 e. The molecule has 0 radical (unpaired) electrons. The lowest BCUT2D eigenvalue weighted by Crippen LogP contribution is -2.07. The van der Waals surface area contributed by atoms with Crippen molar-refractivity contribution in [1.29, 1.82) is 0 Å². The van der Waals surface area contributed by atoms with E-state index in [1.54, 1.807) is 0 Å². The summed E-state index contributed by atoms with van der Waals surface area (Å²) in [5, 5.41) is 18.8. The minimum Gasteiger partial charge on any atom is -0.387 e. The van der Waals surface area contributed by atoms with Crippen molar-refractivity contribution in [2.75, 3.05) is 5.75 Å². The monoisotopic (exact) mass is 311 g/mol. The van der Waals surface area contributed by atoms with Gasteiger partial charge in [-0.3, -0.25) is 0 Å². The predicted octanol–water partition coefficient (Wildman–Crippen LogP) is 2.80. The van der Waals surface area contributed by atoms with Crippen molar-refractivity contribution < 1.29 is 13.9 Å². The third-order valence-corrected chi connectivity index (χ3v) is 4.61. The van der Waals surface area contributed by atoms with Gasteiger partial charge in [-0.1, -0.05) is 17.8 Å². The Hall–Kier alpha value is -1.47. The maximum atomic E-state index is 13.6. The van der Waals surface area contributed by atoms with Gasteiger partial charge in [-0.2, -0.15) is 0 Å². The summed E-state index contributed by atoms with van der Waals surface area (Å²) in [7, 11) is 1.87. The first-order chi connectivity index (χ1) is 10.1. The molecule has 3 rings (SSSR count). The number of aliphatic hydroxyl groups is 1. The summed E-state index contributed by atoms with van der Waals surface area (Å²) in [6, 6.07) is 3.55. The average molecular weight is 311 g/mol. The van der Waals surface area contributed by atoms with Crippen LogP contribution in [0.5, 0.6) is 0 Å². The van der Waals surface area contributed by atoms with Gasteiger partial charge in [0.15, 0.2) is 5.16 Å². The molecule has 1 aromatic carbocycles. The second-order valence-electron chi connectivity index (χ2n) is 5.14.